The number of fused-ring (bicyclic) bond motifs is 3. The van der Waals surface area contributed by atoms with Crippen molar-refractivity contribution in [1.82, 2.24) is 5.32 Å². The molecule has 0 aromatic heterocycles. The third-order valence-corrected chi connectivity index (χ3v) is 4.44. The van der Waals surface area contributed by atoms with Crippen LogP contribution in [-0.4, -0.2) is 44.3 Å². The molecule has 3 unspecified atom stereocenters. The molecule has 0 bridgehead atoms. The fraction of sp³-hybridized carbons (Fsp3) is 0.550. The fourth-order valence-electron chi connectivity index (χ4n) is 3.42. The number of rotatable bonds is 2. The van der Waals surface area contributed by atoms with Crippen molar-refractivity contribution >= 4 is 5.78 Å². The summed E-state index contributed by atoms with van der Waals surface area (Å²) in [4.78, 5) is 12.1. The van der Waals surface area contributed by atoms with Crippen LogP contribution in [0.1, 0.15) is 49.8 Å². The molecule has 0 radical (unpaired) electrons. The summed E-state index contributed by atoms with van der Waals surface area (Å²) in [7, 11) is 6.70. The van der Waals surface area contributed by atoms with Gasteiger partial charge in [-0.05, 0) is 44.1 Å². The molecule has 0 saturated heterocycles. The molecule has 3 atom stereocenters. The topological polar surface area (TPSA) is 88.0 Å². The van der Waals surface area contributed by atoms with Crippen molar-refractivity contribution in [3.63, 3.8) is 0 Å². The summed E-state index contributed by atoms with van der Waals surface area (Å²) < 4.78 is 10.2. The van der Waals surface area contributed by atoms with Crippen molar-refractivity contribution in [3.8, 4) is 11.5 Å². The van der Waals surface area contributed by atoms with E-state index in [1.165, 1.54) is 14.2 Å². The summed E-state index contributed by atoms with van der Waals surface area (Å²) in [5.41, 5.74) is 1.30. The molecule has 6 nitrogen and oxygen atoms in total. The van der Waals surface area contributed by atoms with Gasteiger partial charge in [0, 0.05) is 17.9 Å². The summed E-state index contributed by atoms with van der Waals surface area (Å²) in [6.45, 7) is 4.00. The number of ketones is 1. The average molecular weight is 365 g/mol. The highest BCUT2D eigenvalue weighted by Gasteiger charge is 2.40. The van der Waals surface area contributed by atoms with Gasteiger partial charge in [0.2, 0.25) is 0 Å². The van der Waals surface area contributed by atoms with Crippen molar-refractivity contribution in [2.24, 2.45) is 5.92 Å². The van der Waals surface area contributed by atoms with Crippen molar-refractivity contribution in [2.75, 3.05) is 28.3 Å². The molecular formula is C20H31NO5. The lowest BCUT2D eigenvalue weighted by atomic mass is 9.69. The Kier molecular flexibility index (Phi) is 8.61. The number of phenols is 1. The molecule has 0 saturated carbocycles. The van der Waals surface area contributed by atoms with Crippen LogP contribution in [-0.2, 0) is 9.53 Å². The van der Waals surface area contributed by atoms with Gasteiger partial charge in [-0.15, -0.1) is 0 Å². The number of hydrogen-bond acceptors (Lipinski definition) is 6. The molecule has 146 valence electrons. The Balaban J connectivity index is 0.000000615. The molecular weight excluding hydrogens is 334 g/mol. The van der Waals surface area contributed by atoms with Gasteiger partial charge < -0.3 is 25.0 Å². The van der Waals surface area contributed by atoms with E-state index in [0.717, 1.165) is 0 Å². The van der Waals surface area contributed by atoms with Crippen LogP contribution in [0.3, 0.4) is 0 Å². The van der Waals surface area contributed by atoms with Crippen LogP contribution < -0.4 is 10.1 Å². The molecule has 3 rings (SSSR count). The number of methoxy groups -OCH3 is 2. The number of hydrogen-bond donors (Lipinski definition) is 3. The number of nitrogens with one attached hydrogen (secondary N) is 1. The molecule has 1 aromatic rings. The van der Waals surface area contributed by atoms with Crippen molar-refractivity contribution < 1.29 is 24.5 Å². The monoisotopic (exact) mass is 365 g/mol. The Bertz CT molecular complexity index is 641. The number of phenolic OH excluding ortho intramolecular Hbond substituents is 1. The van der Waals surface area contributed by atoms with Crippen LogP contribution in [0.5, 0.6) is 11.5 Å². The first kappa shape index (κ1) is 22.0. The number of ether oxygens (including phenoxy) is 2. The van der Waals surface area contributed by atoms with Crippen LogP contribution in [0.4, 0.5) is 0 Å². The summed E-state index contributed by atoms with van der Waals surface area (Å²) in [6.07, 6.45) is 1.89. The third-order valence-electron chi connectivity index (χ3n) is 4.44. The minimum Gasteiger partial charge on any atom is -0.504 e. The molecule has 0 amide bonds. The van der Waals surface area contributed by atoms with Gasteiger partial charge in [0.05, 0.1) is 20.3 Å². The molecule has 6 heteroatoms. The van der Waals surface area contributed by atoms with Gasteiger partial charge in [0.15, 0.2) is 23.0 Å². The largest absolute Gasteiger partial charge is 0.504 e. The zero-order valence-electron chi connectivity index (χ0n) is 16.5. The lowest BCUT2D eigenvalue weighted by molar-refractivity contribution is -0.120. The van der Waals surface area contributed by atoms with Gasteiger partial charge in [-0.3, -0.25) is 4.79 Å². The maximum absolute atomic E-state index is 12.1. The summed E-state index contributed by atoms with van der Waals surface area (Å²) >= 11 is 0. The smallest absolute Gasteiger partial charge is 0.197 e. The summed E-state index contributed by atoms with van der Waals surface area (Å²) in [6, 6.07) is 3.40. The van der Waals surface area contributed by atoms with Crippen LogP contribution in [0.25, 0.3) is 0 Å². The number of allylic oxidation sites excluding steroid dienone is 2. The molecule has 3 N–H and O–H groups in total. The summed E-state index contributed by atoms with van der Waals surface area (Å²) in [5.74, 6) is 0.460. The SMILES string of the molecule is CC.CNC.COC1=CC2CC(O)c3ccc(OC)c(O)c3C2CC1=O. The molecule has 2 aliphatic rings. The maximum atomic E-state index is 12.1. The molecule has 0 aliphatic heterocycles. The molecule has 26 heavy (non-hydrogen) atoms. The molecule has 1 aromatic carbocycles. The van der Waals surface area contributed by atoms with E-state index < -0.39 is 6.10 Å². The fourth-order valence-corrected chi connectivity index (χ4v) is 3.42. The van der Waals surface area contributed by atoms with Gasteiger partial charge in [0.1, 0.15) is 0 Å². The highest BCUT2D eigenvalue weighted by molar-refractivity contribution is 5.95. The Labute approximate surface area is 155 Å². The zero-order chi connectivity index (χ0) is 19.9. The zero-order valence-corrected chi connectivity index (χ0v) is 16.5. The molecule has 0 heterocycles. The second-order valence-corrected chi connectivity index (χ2v) is 6.00. The minimum absolute atomic E-state index is 0.0193. The Hall–Kier alpha value is -2.05. The predicted molar refractivity (Wildman–Crippen MR) is 102 cm³/mol. The van der Waals surface area contributed by atoms with Gasteiger partial charge in [0.25, 0.3) is 0 Å². The Morgan fingerprint density at radius 3 is 2.31 bits per heavy atom. The third kappa shape index (κ3) is 4.37. The first-order chi connectivity index (χ1) is 12.5. The van der Waals surface area contributed by atoms with E-state index in [2.05, 4.69) is 5.32 Å². The van der Waals surface area contributed by atoms with Gasteiger partial charge in [-0.1, -0.05) is 19.9 Å². The second kappa shape index (κ2) is 10.2. The Morgan fingerprint density at radius 1 is 1.15 bits per heavy atom. The summed E-state index contributed by atoms with van der Waals surface area (Å²) in [5, 5.41) is 23.5. The van der Waals surface area contributed by atoms with Crippen LogP contribution in [0.15, 0.2) is 24.0 Å². The standard InChI is InChI=1S/C16H18O5.C2H7N.C2H6/c1-20-13-4-3-9-11(17)5-8-6-14(21-2)12(18)7-10(8)15(9)16(13)19;1-3-2;1-2/h3-4,6,8,10-11,17,19H,5,7H2,1-2H3;3H,1-2H3;1-2H3. The van der Waals surface area contributed by atoms with E-state index in [-0.39, 0.29) is 29.8 Å². The van der Waals surface area contributed by atoms with E-state index in [0.29, 0.717) is 29.1 Å². The first-order valence-electron chi connectivity index (χ1n) is 8.93. The quantitative estimate of drug-likeness (QED) is 0.747. The number of carbonyl (C=O) groups is 1. The average Bonchev–Trinajstić information content (AvgIpc) is 2.64. The molecule has 0 spiro atoms. The Morgan fingerprint density at radius 2 is 1.77 bits per heavy atom. The normalized spacial score (nSPS) is 23.1. The molecule has 2 aliphatic carbocycles. The maximum Gasteiger partial charge on any atom is 0.197 e. The van der Waals surface area contributed by atoms with Gasteiger partial charge in [-0.25, -0.2) is 0 Å². The molecule has 0 fully saturated rings. The lowest BCUT2D eigenvalue weighted by Gasteiger charge is -2.37. The van der Waals surface area contributed by atoms with Crippen LogP contribution >= 0.6 is 0 Å². The van der Waals surface area contributed by atoms with Gasteiger partial charge in [-0.2, -0.15) is 0 Å². The van der Waals surface area contributed by atoms with Crippen LogP contribution in [0, 0.1) is 5.92 Å². The van der Waals surface area contributed by atoms with Crippen molar-refractivity contribution in [1.29, 1.82) is 0 Å². The number of aliphatic hydroxyl groups is 1. The van der Waals surface area contributed by atoms with E-state index in [1.807, 2.05) is 27.9 Å². The van der Waals surface area contributed by atoms with Crippen molar-refractivity contribution in [2.45, 2.75) is 38.7 Å². The van der Waals surface area contributed by atoms with E-state index in [1.54, 1.807) is 18.2 Å². The number of benzene rings is 1. The highest BCUT2D eigenvalue weighted by atomic mass is 16.5. The van der Waals surface area contributed by atoms with Gasteiger partial charge >= 0.3 is 0 Å². The van der Waals surface area contributed by atoms with E-state index >= 15 is 0 Å². The first-order valence-corrected chi connectivity index (χ1v) is 8.93. The highest BCUT2D eigenvalue weighted by Crippen LogP contribution is 2.51. The second-order valence-electron chi connectivity index (χ2n) is 6.00. The number of Topliss-reactive ketones (excluding diaryl/α,β-unsaturated/α-hetero) is 1. The lowest BCUT2D eigenvalue weighted by Crippen LogP contribution is -2.29. The van der Waals surface area contributed by atoms with E-state index in [9.17, 15) is 15.0 Å². The minimum atomic E-state index is -0.666. The predicted octanol–water partition coefficient (Wildman–Crippen LogP) is 2.90. The number of carbonyl (C=O) groups excluding carboxylic acids is 1. The van der Waals surface area contributed by atoms with Crippen LogP contribution in [0.2, 0.25) is 0 Å². The number of aliphatic hydroxyl groups excluding tert-OH is 1. The number of aromatic hydroxyl groups is 1. The van der Waals surface area contributed by atoms with Crippen molar-refractivity contribution in [3.05, 3.63) is 35.1 Å². The van der Waals surface area contributed by atoms with E-state index in [4.69, 9.17) is 9.47 Å².